The van der Waals surface area contributed by atoms with Gasteiger partial charge in [0.15, 0.2) is 0 Å². The molecule has 0 amide bonds. The number of hydrogen-bond donors (Lipinski definition) is 1. The van der Waals surface area contributed by atoms with E-state index in [0.29, 0.717) is 25.9 Å². The first-order valence-electron chi connectivity index (χ1n) is 10.3. The molecule has 3 heterocycles. The molecule has 1 N–H and O–H groups in total. The summed E-state index contributed by atoms with van der Waals surface area (Å²) in [5, 5.41) is 6.89. The van der Waals surface area contributed by atoms with Crippen molar-refractivity contribution in [3.63, 3.8) is 0 Å². The van der Waals surface area contributed by atoms with Crippen LogP contribution in [0.2, 0.25) is 0 Å². The van der Waals surface area contributed by atoms with Gasteiger partial charge in [-0.05, 0) is 36.8 Å². The highest BCUT2D eigenvalue weighted by molar-refractivity contribution is 7.88. The highest BCUT2D eigenvalue weighted by Gasteiger charge is 2.51. The monoisotopic (exact) mass is 438 g/mol. The lowest BCUT2D eigenvalue weighted by molar-refractivity contribution is -0.150. The summed E-state index contributed by atoms with van der Waals surface area (Å²) >= 11 is 0. The quantitative estimate of drug-likeness (QED) is 0.561. The number of esters is 1. The lowest BCUT2D eigenvalue weighted by Crippen LogP contribution is -2.44. The van der Waals surface area contributed by atoms with E-state index in [-0.39, 0.29) is 18.5 Å². The van der Waals surface area contributed by atoms with Gasteiger partial charge in [0.25, 0.3) is 6.47 Å². The summed E-state index contributed by atoms with van der Waals surface area (Å²) in [5.41, 5.74) is 2.37. The molecule has 0 radical (unpaired) electrons. The summed E-state index contributed by atoms with van der Waals surface area (Å²) < 4.78 is 30.6. The number of carbonyl (C=O) groups excluding carboxylic acids is 1. The zero-order chi connectivity index (χ0) is 21.8. The summed E-state index contributed by atoms with van der Waals surface area (Å²) in [6.07, 6.45) is 5.00. The van der Waals surface area contributed by atoms with Crippen LogP contribution in [0.3, 0.4) is 0 Å². The topological polar surface area (TPSA) is 104 Å². The van der Waals surface area contributed by atoms with Gasteiger partial charge in [-0.25, -0.2) is 12.7 Å². The fourth-order valence-corrected chi connectivity index (χ4v) is 5.57. The van der Waals surface area contributed by atoms with Crippen LogP contribution in [0, 0.1) is 5.41 Å². The summed E-state index contributed by atoms with van der Waals surface area (Å²) in [5.74, 6) is -0.121. The predicted molar refractivity (Wildman–Crippen MR) is 111 cm³/mol. The van der Waals surface area contributed by atoms with Crippen molar-refractivity contribution in [2.75, 3.05) is 32.4 Å². The van der Waals surface area contributed by atoms with Crippen LogP contribution < -0.4 is 0 Å². The van der Waals surface area contributed by atoms with Crippen molar-refractivity contribution < 1.29 is 27.9 Å². The third-order valence-electron chi connectivity index (χ3n) is 6.45. The number of carbonyl (C=O) groups is 2. The van der Waals surface area contributed by atoms with Crippen molar-refractivity contribution in [2.24, 2.45) is 5.41 Å². The Balaban J connectivity index is 0.000000806. The maximum Gasteiger partial charge on any atom is 0.312 e. The first-order chi connectivity index (χ1) is 14.3. The van der Waals surface area contributed by atoms with E-state index < -0.39 is 15.4 Å². The Morgan fingerprint density at radius 1 is 1.20 bits per heavy atom. The molecule has 0 aliphatic carbocycles. The second-order valence-electron chi connectivity index (χ2n) is 8.36. The minimum atomic E-state index is -3.18. The number of nitrogens with zero attached hydrogens (tertiary/aromatic N) is 2. The number of piperidine rings is 1. The average molecular weight is 439 g/mol. The summed E-state index contributed by atoms with van der Waals surface area (Å²) in [7, 11) is -3.18. The van der Waals surface area contributed by atoms with E-state index >= 15 is 0 Å². The van der Waals surface area contributed by atoms with Gasteiger partial charge in [0.1, 0.15) is 6.10 Å². The Morgan fingerprint density at radius 3 is 2.47 bits per heavy atom. The molecule has 2 fully saturated rings. The zero-order valence-electron chi connectivity index (χ0n) is 17.3. The molecule has 1 aromatic rings. The summed E-state index contributed by atoms with van der Waals surface area (Å²) in [4.78, 5) is 23.3. The Kier molecular flexibility index (Phi) is 7.15. The van der Waals surface area contributed by atoms with Gasteiger partial charge in [-0.2, -0.15) is 0 Å². The van der Waals surface area contributed by atoms with Crippen LogP contribution in [0.15, 0.2) is 24.3 Å². The highest BCUT2D eigenvalue weighted by Crippen LogP contribution is 2.44. The van der Waals surface area contributed by atoms with E-state index in [1.54, 1.807) is 0 Å². The van der Waals surface area contributed by atoms with Crippen LogP contribution in [-0.2, 0) is 37.3 Å². The molecule has 2 saturated heterocycles. The van der Waals surface area contributed by atoms with Crippen molar-refractivity contribution in [3.8, 4) is 0 Å². The van der Waals surface area contributed by atoms with Crippen LogP contribution in [-0.4, -0.2) is 73.7 Å². The minimum absolute atomic E-state index is 0.0422. The molecule has 8 nitrogen and oxygen atoms in total. The number of carboxylic acid groups (broad SMARTS) is 1. The predicted octanol–water partition coefficient (Wildman–Crippen LogP) is 1.49. The SMILES string of the molecule is CS(=O)(=O)N1CCC2(CC1)CC(CCN1CCc3ccccc3C1)OC2=O.O=CO. The molecule has 1 atom stereocenters. The molecule has 9 heteroatoms. The van der Waals surface area contributed by atoms with Gasteiger partial charge < -0.3 is 9.84 Å². The largest absolute Gasteiger partial charge is 0.483 e. The van der Waals surface area contributed by atoms with E-state index in [9.17, 15) is 13.2 Å². The molecule has 4 rings (SSSR count). The van der Waals surface area contributed by atoms with Gasteiger partial charge in [0, 0.05) is 39.1 Å². The molecular weight excluding hydrogens is 408 g/mol. The Labute approximate surface area is 177 Å². The molecule has 1 unspecified atom stereocenters. The number of benzene rings is 1. The smallest absolute Gasteiger partial charge is 0.312 e. The summed E-state index contributed by atoms with van der Waals surface area (Å²) in [6.45, 7) is 3.53. The second kappa shape index (κ2) is 9.45. The van der Waals surface area contributed by atoms with E-state index in [2.05, 4.69) is 29.2 Å². The molecule has 1 spiro atoms. The van der Waals surface area contributed by atoms with E-state index in [1.165, 1.54) is 21.7 Å². The molecule has 3 aliphatic heterocycles. The standard InChI is InChI=1S/C20H28N2O4S.CH2O2/c1-27(24,25)22-12-8-20(9-13-22)14-18(26-19(20)23)7-11-21-10-6-16-4-2-3-5-17(16)15-21;2-1-3/h2-5,18H,6-15H2,1H3;1H,(H,2,3). The van der Waals surface area contributed by atoms with Gasteiger partial charge in [0.05, 0.1) is 11.7 Å². The van der Waals surface area contributed by atoms with Crippen molar-refractivity contribution in [1.82, 2.24) is 9.21 Å². The van der Waals surface area contributed by atoms with Crippen LogP contribution in [0.25, 0.3) is 0 Å². The van der Waals surface area contributed by atoms with Gasteiger partial charge >= 0.3 is 5.97 Å². The normalized spacial score (nSPS) is 23.9. The van der Waals surface area contributed by atoms with Crippen molar-refractivity contribution >= 4 is 22.5 Å². The number of sulfonamides is 1. The highest BCUT2D eigenvalue weighted by atomic mass is 32.2. The molecular formula is C21H30N2O6S. The Hall–Kier alpha value is -1.97. The van der Waals surface area contributed by atoms with Crippen LogP contribution in [0.5, 0.6) is 0 Å². The molecule has 166 valence electrons. The zero-order valence-corrected chi connectivity index (χ0v) is 18.1. The van der Waals surface area contributed by atoms with Crippen LogP contribution in [0.4, 0.5) is 0 Å². The molecule has 0 saturated carbocycles. The molecule has 3 aliphatic rings. The fourth-order valence-electron chi connectivity index (χ4n) is 4.72. The number of cyclic esters (lactones) is 1. The minimum Gasteiger partial charge on any atom is -0.483 e. The second-order valence-corrected chi connectivity index (χ2v) is 10.3. The van der Waals surface area contributed by atoms with Gasteiger partial charge in [-0.3, -0.25) is 14.5 Å². The van der Waals surface area contributed by atoms with Gasteiger partial charge in [-0.15, -0.1) is 0 Å². The Bertz CT molecular complexity index is 864. The summed E-state index contributed by atoms with van der Waals surface area (Å²) in [6, 6.07) is 8.59. The lowest BCUT2D eigenvalue weighted by Gasteiger charge is -2.35. The number of fused-ring (bicyclic) bond motifs is 1. The first kappa shape index (κ1) is 22.7. The molecule has 1 aromatic carbocycles. The molecule has 0 bridgehead atoms. The van der Waals surface area contributed by atoms with Crippen LogP contribution >= 0.6 is 0 Å². The first-order valence-corrected chi connectivity index (χ1v) is 12.2. The van der Waals surface area contributed by atoms with Crippen molar-refractivity contribution in [3.05, 3.63) is 35.4 Å². The van der Waals surface area contributed by atoms with Crippen molar-refractivity contribution in [2.45, 2.75) is 44.8 Å². The third kappa shape index (κ3) is 5.19. The third-order valence-corrected chi connectivity index (χ3v) is 7.75. The average Bonchev–Trinajstić information content (AvgIpc) is 3.01. The van der Waals surface area contributed by atoms with Crippen molar-refractivity contribution in [1.29, 1.82) is 0 Å². The van der Waals surface area contributed by atoms with E-state index in [4.69, 9.17) is 14.6 Å². The number of rotatable bonds is 4. The van der Waals surface area contributed by atoms with E-state index in [1.807, 2.05) is 0 Å². The van der Waals surface area contributed by atoms with Crippen LogP contribution in [0.1, 0.15) is 36.8 Å². The van der Waals surface area contributed by atoms with Gasteiger partial charge in [0.2, 0.25) is 10.0 Å². The maximum atomic E-state index is 12.5. The van der Waals surface area contributed by atoms with Gasteiger partial charge in [-0.1, -0.05) is 24.3 Å². The molecule has 0 aromatic heterocycles. The fraction of sp³-hybridized carbons (Fsp3) is 0.619. The van der Waals surface area contributed by atoms with E-state index in [0.717, 1.165) is 38.9 Å². The number of ether oxygens (including phenoxy) is 1. The maximum absolute atomic E-state index is 12.5. The molecule has 30 heavy (non-hydrogen) atoms. The number of hydrogen-bond acceptors (Lipinski definition) is 6. The lowest BCUT2D eigenvalue weighted by atomic mass is 9.76. The Morgan fingerprint density at radius 2 is 1.83 bits per heavy atom.